The maximum Gasteiger partial charge on any atom is 0.227 e. The van der Waals surface area contributed by atoms with Crippen molar-refractivity contribution >= 4 is 16.3 Å². The fourth-order valence-electron chi connectivity index (χ4n) is 0.393. The van der Waals surface area contributed by atoms with Crippen LogP contribution in [0.2, 0.25) is 0 Å². The van der Waals surface area contributed by atoms with E-state index >= 15 is 0 Å². The third-order valence-electron chi connectivity index (χ3n) is 0.717. The van der Waals surface area contributed by atoms with Gasteiger partial charge in [0.05, 0.1) is 0 Å². The summed E-state index contributed by atoms with van der Waals surface area (Å²) < 4.78 is 4.62. The first-order chi connectivity index (χ1) is 3.93. The van der Waals surface area contributed by atoms with Gasteiger partial charge in [-0.2, -0.15) is 0 Å². The molecule has 1 heterocycles. The highest BCUT2D eigenvalue weighted by atomic mass is 79.9. The Morgan fingerprint density at radius 1 is 1.50 bits per heavy atom. The Morgan fingerprint density at radius 2 is 2.38 bits per heavy atom. The van der Waals surface area contributed by atoms with Gasteiger partial charge in [0.15, 0.2) is 16.3 Å². The molecule has 0 unspecified atom stereocenters. The number of hydrogen-bond donors (Lipinski definition) is 0. The first-order valence-corrected chi connectivity index (χ1v) is 2.78. The molecule has 0 amide bonds. The van der Waals surface area contributed by atoms with E-state index < -0.39 is 0 Å². The topological polar surface area (TPSA) is 22.1 Å². The molecule has 3 heteroatoms. The van der Waals surface area contributed by atoms with Crippen LogP contribution in [0.3, 0.4) is 0 Å². The van der Waals surface area contributed by atoms with E-state index in [-0.39, 0.29) is 0 Å². The summed E-state index contributed by atoms with van der Waals surface area (Å²) in [4.78, 5) is 3.83. The molecule has 1 rings (SSSR count). The van der Waals surface area contributed by atoms with Crippen molar-refractivity contribution in [2.75, 3.05) is 0 Å². The van der Waals surface area contributed by atoms with E-state index in [0.717, 1.165) is 0 Å². The monoisotopic (exact) mass is 173 g/mol. The van der Waals surface area contributed by atoms with Crippen LogP contribution in [0.4, 0.5) is 0 Å². The summed E-state index contributed by atoms with van der Waals surface area (Å²) in [5, 5.41) is 0. The zero-order chi connectivity index (χ0) is 5.82. The summed E-state index contributed by atoms with van der Waals surface area (Å²) in [5.74, 6) is 0.576. The highest BCUT2D eigenvalue weighted by Gasteiger charge is 1.84. The molecule has 0 bridgehead atoms. The van der Waals surface area contributed by atoms with E-state index in [0.29, 0.717) is 5.88 Å². The van der Waals surface area contributed by atoms with Crippen LogP contribution in [0.25, 0.3) is 0 Å². The van der Waals surface area contributed by atoms with Crippen molar-refractivity contribution in [3.8, 4) is 5.88 Å². The van der Waals surface area contributed by atoms with Crippen molar-refractivity contribution < 1.29 is 3.83 Å². The van der Waals surface area contributed by atoms with Gasteiger partial charge in [-0.05, 0) is 6.07 Å². The van der Waals surface area contributed by atoms with Gasteiger partial charge in [0, 0.05) is 12.3 Å². The molecule has 0 aromatic carbocycles. The standard InChI is InChI=1S/C5H4BrNO/c6-8-5-3-1-2-4-7-5/h1-4H. The molecule has 0 aliphatic carbocycles. The van der Waals surface area contributed by atoms with Gasteiger partial charge in [0.25, 0.3) is 0 Å². The molecule has 8 heavy (non-hydrogen) atoms. The second-order valence-electron chi connectivity index (χ2n) is 1.25. The fourth-order valence-corrected chi connectivity index (χ4v) is 0.584. The molecule has 0 saturated carbocycles. The number of hydrogen-bond acceptors (Lipinski definition) is 2. The smallest absolute Gasteiger partial charge is 0.227 e. The Kier molecular flexibility index (Phi) is 1.86. The minimum absolute atomic E-state index is 0.576. The Balaban J connectivity index is 2.83. The molecule has 0 fully saturated rings. The molecule has 0 aliphatic heterocycles. The van der Waals surface area contributed by atoms with Gasteiger partial charge in [-0.15, -0.1) is 0 Å². The summed E-state index contributed by atoms with van der Waals surface area (Å²) >= 11 is 2.79. The molecule has 0 aliphatic rings. The van der Waals surface area contributed by atoms with E-state index in [1.165, 1.54) is 0 Å². The van der Waals surface area contributed by atoms with Gasteiger partial charge in [-0.25, -0.2) is 4.98 Å². The van der Waals surface area contributed by atoms with E-state index in [1.807, 2.05) is 12.1 Å². The van der Waals surface area contributed by atoms with E-state index in [2.05, 4.69) is 25.1 Å². The quantitative estimate of drug-likeness (QED) is 0.647. The third kappa shape index (κ3) is 1.20. The van der Waals surface area contributed by atoms with Gasteiger partial charge in [-0.3, -0.25) is 0 Å². The van der Waals surface area contributed by atoms with E-state index in [1.54, 1.807) is 12.3 Å². The Morgan fingerprint density at radius 3 is 2.75 bits per heavy atom. The lowest BCUT2D eigenvalue weighted by Gasteiger charge is -1.89. The second kappa shape index (κ2) is 2.67. The largest absolute Gasteiger partial charge is 0.398 e. The predicted molar refractivity (Wildman–Crippen MR) is 33.8 cm³/mol. The van der Waals surface area contributed by atoms with Crippen LogP contribution >= 0.6 is 16.3 Å². The van der Waals surface area contributed by atoms with E-state index in [4.69, 9.17) is 0 Å². The highest BCUT2D eigenvalue weighted by Crippen LogP contribution is 2.04. The number of nitrogens with zero attached hydrogens (tertiary/aromatic N) is 1. The van der Waals surface area contributed by atoms with Crippen molar-refractivity contribution in [3.05, 3.63) is 24.4 Å². The summed E-state index contributed by atoms with van der Waals surface area (Å²) in [6, 6.07) is 5.44. The van der Waals surface area contributed by atoms with Crippen LogP contribution in [0.5, 0.6) is 5.88 Å². The maximum absolute atomic E-state index is 4.62. The van der Waals surface area contributed by atoms with Crippen LogP contribution in [-0.4, -0.2) is 4.98 Å². The molecule has 0 radical (unpaired) electrons. The SMILES string of the molecule is BrOc1ccccn1. The Hall–Kier alpha value is -0.570. The molecule has 1 aromatic rings. The van der Waals surface area contributed by atoms with Crippen LogP contribution in [0, 0.1) is 0 Å². The van der Waals surface area contributed by atoms with Crippen LogP contribution in [0.1, 0.15) is 0 Å². The first kappa shape index (κ1) is 5.56. The summed E-state index contributed by atoms with van der Waals surface area (Å²) in [5.41, 5.74) is 0. The van der Waals surface area contributed by atoms with Crippen LogP contribution in [0.15, 0.2) is 24.4 Å². The molecule has 0 N–H and O–H groups in total. The molecule has 1 aromatic heterocycles. The fraction of sp³-hybridized carbons (Fsp3) is 0. The molecular weight excluding hydrogens is 170 g/mol. The van der Waals surface area contributed by atoms with Gasteiger partial charge in [-0.1, -0.05) is 6.07 Å². The highest BCUT2D eigenvalue weighted by molar-refractivity contribution is 9.06. The predicted octanol–water partition coefficient (Wildman–Crippen LogP) is 1.77. The number of halogens is 1. The summed E-state index contributed by atoms with van der Waals surface area (Å²) in [6.45, 7) is 0. The number of rotatable bonds is 1. The molecular formula is C5H4BrNO. The summed E-state index contributed by atoms with van der Waals surface area (Å²) in [6.07, 6.45) is 1.66. The van der Waals surface area contributed by atoms with Gasteiger partial charge in [0.2, 0.25) is 5.88 Å². The third-order valence-corrected chi connectivity index (χ3v) is 1.05. The molecule has 0 saturated heterocycles. The lowest BCUT2D eigenvalue weighted by molar-refractivity contribution is 0.646. The molecule has 0 spiro atoms. The molecule has 2 nitrogen and oxygen atoms in total. The van der Waals surface area contributed by atoms with Crippen molar-refractivity contribution in [1.82, 2.24) is 4.98 Å². The van der Waals surface area contributed by atoms with Crippen LogP contribution in [-0.2, 0) is 0 Å². The second-order valence-corrected chi connectivity index (χ2v) is 1.57. The zero-order valence-corrected chi connectivity index (χ0v) is 5.63. The number of aromatic nitrogens is 1. The minimum atomic E-state index is 0.576. The van der Waals surface area contributed by atoms with Crippen molar-refractivity contribution in [1.29, 1.82) is 0 Å². The average Bonchev–Trinajstić information content (AvgIpc) is 1.90. The van der Waals surface area contributed by atoms with Gasteiger partial charge in [0.1, 0.15) is 0 Å². The van der Waals surface area contributed by atoms with Crippen molar-refractivity contribution in [3.63, 3.8) is 0 Å². The van der Waals surface area contributed by atoms with E-state index in [9.17, 15) is 0 Å². The van der Waals surface area contributed by atoms with Gasteiger partial charge < -0.3 is 3.83 Å². The Labute approximate surface area is 56.0 Å². The van der Waals surface area contributed by atoms with Crippen LogP contribution < -0.4 is 3.83 Å². The lowest BCUT2D eigenvalue weighted by Crippen LogP contribution is -1.75. The normalized spacial score (nSPS) is 8.62. The molecule has 42 valence electrons. The number of pyridine rings is 1. The van der Waals surface area contributed by atoms with Gasteiger partial charge >= 0.3 is 0 Å². The zero-order valence-electron chi connectivity index (χ0n) is 4.04. The Bertz CT molecular complexity index is 154. The lowest BCUT2D eigenvalue weighted by atomic mass is 10.5. The average molecular weight is 174 g/mol. The van der Waals surface area contributed by atoms with Crippen molar-refractivity contribution in [2.24, 2.45) is 0 Å². The first-order valence-electron chi connectivity index (χ1n) is 2.13. The maximum atomic E-state index is 4.62. The van der Waals surface area contributed by atoms with Crippen molar-refractivity contribution in [2.45, 2.75) is 0 Å². The minimum Gasteiger partial charge on any atom is -0.398 e. The summed E-state index contributed by atoms with van der Waals surface area (Å²) in [7, 11) is 0. The molecule has 0 atom stereocenters.